The van der Waals surface area contributed by atoms with E-state index >= 15 is 0 Å². The van der Waals surface area contributed by atoms with E-state index in [0.29, 0.717) is 0 Å². The largest absolute Gasteiger partial charge is 0.361 e. The molecule has 7 heavy (non-hydrogen) atoms. The Balaban J connectivity index is 2.68. The number of halogens is 2. The third-order valence-electron chi connectivity index (χ3n) is 0.362. The first-order valence-corrected chi connectivity index (χ1v) is 1.83. The van der Waals surface area contributed by atoms with E-state index in [1.54, 1.807) is 0 Å². The summed E-state index contributed by atoms with van der Waals surface area (Å²) in [6.45, 7) is -0.694. The lowest BCUT2D eigenvalue weighted by atomic mass is 10.8. The maximum Gasteiger partial charge on any atom is 0.261 e. The van der Waals surface area contributed by atoms with Crippen LogP contribution in [0.1, 0.15) is 0 Å². The van der Waals surface area contributed by atoms with Crippen LogP contribution in [0.4, 0.5) is 8.78 Å². The van der Waals surface area contributed by atoms with Crippen LogP contribution in [-0.4, -0.2) is 19.8 Å². The molecule has 0 aromatic rings. The van der Waals surface area contributed by atoms with Gasteiger partial charge in [-0.05, 0) is 0 Å². The van der Waals surface area contributed by atoms with Gasteiger partial charge in [-0.1, -0.05) is 0 Å². The van der Waals surface area contributed by atoms with Gasteiger partial charge in [-0.25, -0.2) is 8.78 Å². The van der Waals surface area contributed by atoms with Crippen molar-refractivity contribution in [1.29, 1.82) is 0 Å². The summed E-state index contributed by atoms with van der Waals surface area (Å²) in [5.41, 5.74) is 4.72. The van der Waals surface area contributed by atoms with Crippen molar-refractivity contribution >= 4 is 0 Å². The summed E-state index contributed by atoms with van der Waals surface area (Å²) in [6.07, 6.45) is -2.40. The maximum atomic E-state index is 11.0. The number of hydrogen-bond donors (Lipinski definition) is 1. The van der Waals surface area contributed by atoms with Crippen molar-refractivity contribution in [2.24, 2.45) is 5.73 Å². The fraction of sp³-hybridized carbons (Fsp3) is 1.00. The molecule has 0 unspecified atom stereocenters. The van der Waals surface area contributed by atoms with Gasteiger partial charge in [0, 0.05) is 0 Å². The van der Waals surface area contributed by atoms with Gasteiger partial charge < -0.3 is 10.5 Å². The zero-order valence-corrected chi connectivity index (χ0v) is 3.73. The van der Waals surface area contributed by atoms with E-state index in [1.165, 1.54) is 0 Å². The standard InChI is InChI=1S/C3H7F2NO/c4-3(5)1-7-2-6/h3H,1-2,6H2. The van der Waals surface area contributed by atoms with Gasteiger partial charge in [0.25, 0.3) is 6.43 Å². The molecule has 0 amide bonds. The van der Waals surface area contributed by atoms with Crippen molar-refractivity contribution in [1.82, 2.24) is 0 Å². The Bertz CT molecular complexity index is 41.9. The Morgan fingerprint density at radius 1 is 1.57 bits per heavy atom. The highest BCUT2D eigenvalue weighted by atomic mass is 19.3. The third-order valence-corrected chi connectivity index (χ3v) is 0.362. The second-order valence-corrected chi connectivity index (χ2v) is 0.929. The molecule has 2 N–H and O–H groups in total. The molecule has 2 nitrogen and oxygen atoms in total. The van der Waals surface area contributed by atoms with E-state index in [9.17, 15) is 8.78 Å². The Labute approximate surface area is 40.3 Å². The summed E-state index contributed by atoms with van der Waals surface area (Å²) in [7, 11) is 0. The molecule has 4 heteroatoms. The minimum absolute atomic E-state index is 0.135. The van der Waals surface area contributed by atoms with Crippen molar-refractivity contribution < 1.29 is 13.5 Å². The van der Waals surface area contributed by atoms with E-state index in [4.69, 9.17) is 5.73 Å². The minimum atomic E-state index is -2.40. The minimum Gasteiger partial charge on any atom is -0.361 e. The average Bonchev–Trinajstić information content (AvgIpc) is 1.61. The van der Waals surface area contributed by atoms with Crippen LogP contribution >= 0.6 is 0 Å². The van der Waals surface area contributed by atoms with Crippen LogP contribution in [0.15, 0.2) is 0 Å². The van der Waals surface area contributed by atoms with Crippen LogP contribution in [0.5, 0.6) is 0 Å². The first kappa shape index (κ1) is 6.78. The quantitative estimate of drug-likeness (QED) is 0.527. The van der Waals surface area contributed by atoms with Crippen LogP contribution in [-0.2, 0) is 4.74 Å². The molecular weight excluding hydrogens is 104 g/mol. The van der Waals surface area contributed by atoms with Gasteiger partial charge in [0.1, 0.15) is 6.61 Å². The first-order chi connectivity index (χ1) is 3.27. The molecule has 0 aliphatic carbocycles. The van der Waals surface area contributed by atoms with Crippen LogP contribution in [0.2, 0.25) is 0 Å². The van der Waals surface area contributed by atoms with Crippen molar-refractivity contribution in [3.8, 4) is 0 Å². The van der Waals surface area contributed by atoms with Crippen molar-refractivity contribution in [2.45, 2.75) is 6.43 Å². The molecule has 0 rings (SSSR count). The molecule has 0 aliphatic heterocycles. The molecule has 0 heterocycles. The average molecular weight is 111 g/mol. The Morgan fingerprint density at radius 3 is 2.29 bits per heavy atom. The van der Waals surface area contributed by atoms with Crippen molar-refractivity contribution in [3.05, 3.63) is 0 Å². The lowest BCUT2D eigenvalue weighted by molar-refractivity contribution is 0.0200. The highest BCUT2D eigenvalue weighted by molar-refractivity contribution is 4.29. The van der Waals surface area contributed by atoms with E-state index in [0.717, 1.165) is 0 Å². The summed E-state index contributed by atoms with van der Waals surface area (Å²) in [4.78, 5) is 0. The van der Waals surface area contributed by atoms with Crippen molar-refractivity contribution in [2.75, 3.05) is 13.3 Å². The SMILES string of the molecule is NCOCC(F)F. The molecule has 0 bridgehead atoms. The van der Waals surface area contributed by atoms with Gasteiger partial charge in [-0.2, -0.15) is 0 Å². The van der Waals surface area contributed by atoms with Crippen molar-refractivity contribution in [3.63, 3.8) is 0 Å². The summed E-state index contributed by atoms with van der Waals surface area (Å²) in [5.74, 6) is 0. The number of nitrogens with two attached hydrogens (primary N) is 1. The highest BCUT2D eigenvalue weighted by Gasteiger charge is 1.98. The fourth-order valence-electron chi connectivity index (χ4n) is 0.157. The Kier molecular flexibility index (Phi) is 3.83. The predicted octanol–water partition coefficient (Wildman–Crippen LogP) is 0.184. The van der Waals surface area contributed by atoms with Gasteiger partial charge in [0.2, 0.25) is 0 Å². The van der Waals surface area contributed by atoms with Crippen LogP contribution in [0.25, 0.3) is 0 Å². The van der Waals surface area contributed by atoms with Gasteiger partial charge >= 0.3 is 0 Å². The second kappa shape index (κ2) is 3.95. The predicted molar refractivity (Wildman–Crippen MR) is 21.0 cm³/mol. The molecule has 0 radical (unpaired) electrons. The lowest BCUT2D eigenvalue weighted by Gasteiger charge is -1.95. The van der Waals surface area contributed by atoms with Gasteiger partial charge in [0.15, 0.2) is 0 Å². The molecule has 0 saturated heterocycles. The molecular formula is C3H7F2NO. The third kappa shape index (κ3) is 5.78. The molecule has 44 valence electrons. The van der Waals surface area contributed by atoms with Gasteiger partial charge in [-0.3, -0.25) is 0 Å². The highest BCUT2D eigenvalue weighted by Crippen LogP contribution is 1.89. The molecule has 0 spiro atoms. The van der Waals surface area contributed by atoms with Gasteiger partial charge in [-0.15, -0.1) is 0 Å². The fourth-order valence-corrected chi connectivity index (χ4v) is 0.157. The molecule has 0 aliphatic rings. The normalized spacial score (nSPS) is 10.3. The Morgan fingerprint density at radius 2 is 2.14 bits per heavy atom. The van der Waals surface area contributed by atoms with Gasteiger partial charge in [0.05, 0.1) is 6.73 Å². The summed E-state index contributed by atoms with van der Waals surface area (Å²) >= 11 is 0. The number of ether oxygens (including phenoxy) is 1. The lowest BCUT2D eigenvalue weighted by Crippen LogP contribution is -2.10. The van der Waals surface area contributed by atoms with E-state index in [1.807, 2.05) is 0 Å². The number of alkyl halides is 2. The second-order valence-electron chi connectivity index (χ2n) is 0.929. The van der Waals surface area contributed by atoms with E-state index in [2.05, 4.69) is 4.74 Å². The number of hydrogen-bond acceptors (Lipinski definition) is 2. The van der Waals surface area contributed by atoms with E-state index < -0.39 is 13.0 Å². The number of rotatable bonds is 3. The molecule has 0 saturated carbocycles. The Hall–Kier alpha value is -0.220. The molecule has 0 aromatic heterocycles. The molecule has 0 fully saturated rings. The molecule has 0 aromatic carbocycles. The van der Waals surface area contributed by atoms with Crippen LogP contribution in [0, 0.1) is 0 Å². The van der Waals surface area contributed by atoms with Crippen LogP contribution < -0.4 is 5.73 Å². The maximum absolute atomic E-state index is 11.0. The van der Waals surface area contributed by atoms with Crippen LogP contribution in [0.3, 0.4) is 0 Å². The monoisotopic (exact) mass is 111 g/mol. The zero-order valence-electron chi connectivity index (χ0n) is 3.73. The summed E-state index contributed by atoms with van der Waals surface area (Å²) < 4.78 is 26.2. The van der Waals surface area contributed by atoms with E-state index in [-0.39, 0.29) is 6.73 Å². The smallest absolute Gasteiger partial charge is 0.261 e. The zero-order chi connectivity index (χ0) is 5.70. The molecule has 0 atom stereocenters. The topological polar surface area (TPSA) is 35.2 Å². The first-order valence-electron chi connectivity index (χ1n) is 1.83. The summed E-state index contributed by atoms with van der Waals surface area (Å²) in [5, 5.41) is 0. The summed E-state index contributed by atoms with van der Waals surface area (Å²) in [6, 6.07) is 0.